The fraction of sp³-hybridized carbons (Fsp3) is 0.765. The molecule has 0 aromatic carbocycles. The maximum absolute atomic E-state index is 6.12. The Morgan fingerprint density at radius 3 is 2.60 bits per heavy atom. The number of thiophene rings is 1. The number of hydrogen-bond donors (Lipinski definition) is 1. The van der Waals surface area contributed by atoms with E-state index >= 15 is 0 Å². The van der Waals surface area contributed by atoms with Crippen molar-refractivity contribution < 1.29 is 0 Å². The molecule has 1 aliphatic rings. The van der Waals surface area contributed by atoms with Crippen molar-refractivity contribution in [2.24, 2.45) is 17.6 Å². The third-order valence-electron chi connectivity index (χ3n) is 4.85. The van der Waals surface area contributed by atoms with Gasteiger partial charge in [-0.2, -0.15) is 0 Å². The Kier molecular flexibility index (Phi) is 5.65. The molecule has 1 aliphatic heterocycles. The Hall–Kier alpha value is -0.380. The molecule has 20 heavy (non-hydrogen) atoms. The third kappa shape index (κ3) is 3.63. The lowest BCUT2D eigenvalue weighted by atomic mass is 9.89. The van der Waals surface area contributed by atoms with Crippen molar-refractivity contribution in [2.75, 3.05) is 19.6 Å². The van der Waals surface area contributed by atoms with E-state index in [-0.39, 0.29) is 0 Å². The Morgan fingerprint density at radius 2 is 2.05 bits per heavy atom. The highest BCUT2D eigenvalue weighted by Gasteiger charge is 2.26. The van der Waals surface area contributed by atoms with Gasteiger partial charge in [0.25, 0.3) is 0 Å². The molecule has 0 radical (unpaired) electrons. The normalized spacial score (nSPS) is 23.0. The monoisotopic (exact) mass is 294 g/mol. The van der Waals surface area contributed by atoms with Crippen LogP contribution >= 0.6 is 11.3 Å². The van der Waals surface area contributed by atoms with E-state index in [4.69, 9.17) is 5.73 Å². The van der Waals surface area contributed by atoms with E-state index in [1.807, 2.05) is 11.3 Å². The molecule has 0 amide bonds. The van der Waals surface area contributed by atoms with Crippen molar-refractivity contribution in [3.05, 3.63) is 21.4 Å². The molecule has 0 aliphatic carbocycles. The zero-order valence-corrected chi connectivity index (χ0v) is 14.3. The van der Waals surface area contributed by atoms with Crippen LogP contribution in [0, 0.1) is 25.7 Å². The van der Waals surface area contributed by atoms with Gasteiger partial charge in [-0.15, -0.1) is 11.3 Å². The van der Waals surface area contributed by atoms with E-state index in [1.54, 1.807) is 0 Å². The van der Waals surface area contributed by atoms with Gasteiger partial charge >= 0.3 is 0 Å². The molecule has 2 nitrogen and oxygen atoms in total. The summed E-state index contributed by atoms with van der Waals surface area (Å²) in [5, 5.41) is 0. The number of nitrogens with zero attached hydrogens (tertiary/aromatic N) is 1. The van der Waals surface area contributed by atoms with Gasteiger partial charge in [0.05, 0.1) is 0 Å². The van der Waals surface area contributed by atoms with Gasteiger partial charge in [0, 0.05) is 22.3 Å². The first-order chi connectivity index (χ1) is 9.52. The predicted octanol–water partition coefficient (Wildman–Crippen LogP) is 4.12. The molecule has 2 unspecified atom stereocenters. The summed E-state index contributed by atoms with van der Waals surface area (Å²) in [5.41, 5.74) is 7.59. The maximum atomic E-state index is 6.12. The largest absolute Gasteiger partial charge is 0.329 e. The highest BCUT2D eigenvalue weighted by molar-refractivity contribution is 7.12. The molecule has 1 saturated heterocycles. The first-order valence-electron chi connectivity index (χ1n) is 8.04. The number of aryl methyl sites for hydroxylation is 2. The number of nitrogens with two attached hydrogens (primary N) is 1. The lowest BCUT2D eigenvalue weighted by Gasteiger charge is -2.30. The van der Waals surface area contributed by atoms with Gasteiger partial charge in [0.15, 0.2) is 0 Å². The lowest BCUT2D eigenvalue weighted by Crippen LogP contribution is -2.34. The molecular weight excluding hydrogens is 264 g/mol. The SMILES string of the molecule is Cc1cc(C(CN)N2CCCC(C(C)C)CC2)c(C)s1. The van der Waals surface area contributed by atoms with Crippen molar-refractivity contribution in [1.82, 2.24) is 4.90 Å². The van der Waals surface area contributed by atoms with Gasteiger partial charge in [-0.25, -0.2) is 0 Å². The summed E-state index contributed by atoms with van der Waals surface area (Å²) in [5.74, 6) is 1.71. The minimum Gasteiger partial charge on any atom is -0.329 e. The molecule has 1 aromatic rings. The third-order valence-corrected chi connectivity index (χ3v) is 5.83. The number of likely N-dealkylation sites (tertiary alicyclic amines) is 1. The molecule has 2 heterocycles. The Balaban J connectivity index is 2.10. The summed E-state index contributed by atoms with van der Waals surface area (Å²) >= 11 is 1.91. The molecule has 0 saturated carbocycles. The van der Waals surface area contributed by atoms with Crippen molar-refractivity contribution in [1.29, 1.82) is 0 Å². The standard InChI is InChI=1S/C17H30N2S/c1-12(2)15-6-5-8-19(9-7-15)17(11-18)16-10-13(3)20-14(16)4/h10,12,15,17H,5-9,11,18H2,1-4H3. The summed E-state index contributed by atoms with van der Waals surface area (Å²) in [6, 6.07) is 2.77. The van der Waals surface area contributed by atoms with E-state index < -0.39 is 0 Å². The van der Waals surface area contributed by atoms with Gasteiger partial charge < -0.3 is 5.73 Å². The summed E-state index contributed by atoms with van der Waals surface area (Å²) < 4.78 is 0. The van der Waals surface area contributed by atoms with Crippen LogP contribution in [0.2, 0.25) is 0 Å². The van der Waals surface area contributed by atoms with Crippen molar-refractivity contribution in [3.8, 4) is 0 Å². The van der Waals surface area contributed by atoms with Crippen LogP contribution in [0.3, 0.4) is 0 Å². The minimum absolute atomic E-state index is 0.422. The van der Waals surface area contributed by atoms with E-state index in [2.05, 4.69) is 38.7 Å². The van der Waals surface area contributed by atoms with Gasteiger partial charge in [0.1, 0.15) is 0 Å². The molecule has 0 spiro atoms. The Morgan fingerprint density at radius 1 is 1.30 bits per heavy atom. The first-order valence-corrected chi connectivity index (χ1v) is 8.85. The second-order valence-corrected chi connectivity index (χ2v) is 8.05. The van der Waals surface area contributed by atoms with Gasteiger partial charge in [-0.1, -0.05) is 13.8 Å². The molecule has 2 N–H and O–H groups in total. The lowest BCUT2D eigenvalue weighted by molar-refractivity contribution is 0.204. The average molecular weight is 295 g/mol. The number of rotatable bonds is 4. The van der Waals surface area contributed by atoms with Crippen LogP contribution < -0.4 is 5.73 Å². The highest BCUT2D eigenvalue weighted by atomic mass is 32.1. The molecule has 2 rings (SSSR count). The quantitative estimate of drug-likeness (QED) is 0.905. The Bertz CT molecular complexity index is 425. The predicted molar refractivity (Wildman–Crippen MR) is 89.3 cm³/mol. The van der Waals surface area contributed by atoms with Crippen molar-refractivity contribution in [3.63, 3.8) is 0 Å². The molecule has 0 bridgehead atoms. The summed E-state index contributed by atoms with van der Waals surface area (Å²) in [6.45, 7) is 12.3. The van der Waals surface area contributed by atoms with E-state index in [9.17, 15) is 0 Å². The fourth-order valence-electron chi connectivity index (χ4n) is 3.58. The maximum Gasteiger partial charge on any atom is 0.0481 e. The van der Waals surface area contributed by atoms with Crippen molar-refractivity contribution in [2.45, 2.75) is 53.0 Å². The zero-order valence-electron chi connectivity index (χ0n) is 13.5. The highest BCUT2D eigenvalue weighted by Crippen LogP contribution is 2.33. The van der Waals surface area contributed by atoms with Crippen LogP contribution in [-0.2, 0) is 0 Å². The second kappa shape index (κ2) is 7.06. The molecule has 1 fully saturated rings. The topological polar surface area (TPSA) is 29.3 Å². The first kappa shape index (κ1) is 16.0. The second-order valence-electron chi connectivity index (χ2n) is 6.59. The van der Waals surface area contributed by atoms with Crippen LogP contribution in [0.1, 0.15) is 54.5 Å². The van der Waals surface area contributed by atoms with Crippen LogP contribution in [-0.4, -0.2) is 24.5 Å². The van der Waals surface area contributed by atoms with E-state index in [1.165, 1.54) is 47.7 Å². The smallest absolute Gasteiger partial charge is 0.0481 e. The fourth-order valence-corrected chi connectivity index (χ4v) is 4.56. The van der Waals surface area contributed by atoms with Crippen LogP contribution in [0.15, 0.2) is 6.07 Å². The summed E-state index contributed by atoms with van der Waals surface area (Å²) in [6.07, 6.45) is 4.03. The van der Waals surface area contributed by atoms with Crippen molar-refractivity contribution >= 4 is 11.3 Å². The molecular formula is C17H30N2S. The van der Waals surface area contributed by atoms with Crippen LogP contribution in [0.4, 0.5) is 0 Å². The van der Waals surface area contributed by atoms with Gasteiger partial charge in [-0.05, 0) is 69.7 Å². The zero-order chi connectivity index (χ0) is 14.7. The molecule has 2 atom stereocenters. The van der Waals surface area contributed by atoms with Crippen LogP contribution in [0.25, 0.3) is 0 Å². The minimum atomic E-state index is 0.422. The molecule has 1 aromatic heterocycles. The van der Waals surface area contributed by atoms with Gasteiger partial charge in [0.2, 0.25) is 0 Å². The molecule has 3 heteroatoms. The Labute approximate surface area is 128 Å². The van der Waals surface area contributed by atoms with Crippen LogP contribution in [0.5, 0.6) is 0 Å². The average Bonchev–Trinajstić information content (AvgIpc) is 2.62. The number of hydrogen-bond acceptors (Lipinski definition) is 3. The van der Waals surface area contributed by atoms with E-state index in [0.29, 0.717) is 6.04 Å². The van der Waals surface area contributed by atoms with Gasteiger partial charge in [-0.3, -0.25) is 4.90 Å². The summed E-state index contributed by atoms with van der Waals surface area (Å²) in [4.78, 5) is 5.49. The van der Waals surface area contributed by atoms with E-state index in [0.717, 1.165) is 18.4 Å². The molecule has 114 valence electrons. The summed E-state index contributed by atoms with van der Waals surface area (Å²) in [7, 11) is 0.